The summed E-state index contributed by atoms with van der Waals surface area (Å²) in [6, 6.07) is 10.1. The summed E-state index contributed by atoms with van der Waals surface area (Å²) in [5, 5.41) is 9.19. The Morgan fingerprint density at radius 2 is 1.30 bits per heavy atom. The van der Waals surface area contributed by atoms with Gasteiger partial charge in [-0.15, -0.1) is 0 Å². The zero-order valence-corrected chi connectivity index (χ0v) is 10.8. The minimum absolute atomic E-state index is 0.407. The highest BCUT2D eigenvalue weighted by molar-refractivity contribution is 5.82. The third kappa shape index (κ3) is 2.93. The number of carboxylic acids is 1. The standard InChI is InChI=1S/C15H13F2NO2/c1-10(15(19)20)18(13-6-2-11(16)3-7-13)14-8-4-12(17)5-9-14/h2-10H,1H3,(H,19,20). The maximum atomic E-state index is 13.0. The molecule has 0 radical (unpaired) electrons. The van der Waals surface area contributed by atoms with Crippen molar-refractivity contribution in [3.8, 4) is 0 Å². The lowest BCUT2D eigenvalue weighted by Crippen LogP contribution is -2.35. The molecule has 0 aromatic heterocycles. The van der Waals surface area contributed by atoms with Gasteiger partial charge in [0.25, 0.3) is 0 Å². The fraction of sp³-hybridized carbons (Fsp3) is 0.133. The van der Waals surface area contributed by atoms with E-state index in [4.69, 9.17) is 0 Å². The largest absolute Gasteiger partial charge is 0.480 e. The van der Waals surface area contributed by atoms with Gasteiger partial charge in [-0.1, -0.05) is 0 Å². The molecule has 0 fully saturated rings. The molecule has 0 saturated carbocycles. The van der Waals surface area contributed by atoms with Crippen molar-refractivity contribution < 1.29 is 18.7 Å². The van der Waals surface area contributed by atoms with Crippen molar-refractivity contribution in [2.75, 3.05) is 4.90 Å². The Morgan fingerprint density at radius 1 is 0.950 bits per heavy atom. The van der Waals surface area contributed by atoms with Crippen molar-refractivity contribution in [2.45, 2.75) is 13.0 Å². The molecule has 0 aliphatic carbocycles. The maximum absolute atomic E-state index is 13.0. The first-order chi connectivity index (χ1) is 9.49. The van der Waals surface area contributed by atoms with Crippen LogP contribution in [0.5, 0.6) is 0 Å². The summed E-state index contributed by atoms with van der Waals surface area (Å²) in [5.74, 6) is -1.84. The molecule has 0 heterocycles. The number of rotatable bonds is 4. The molecule has 2 aromatic carbocycles. The topological polar surface area (TPSA) is 40.5 Å². The van der Waals surface area contributed by atoms with Gasteiger partial charge in [0.1, 0.15) is 17.7 Å². The van der Waals surface area contributed by atoms with Crippen LogP contribution in [-0.4, -0.2) is 17.1 Å². The molecule has 0 spiro atoms. The van der Waals surface area contributed by atoms with E-state index >= 15 is 0 Å². The number of anilines is 2. The van der Waals surface area contributed by atoms with Crippen LogP contribution in [0.4, 0.5) is 20.2 Å². The van der Waals surface area contributed by atoms with Gasteiger partial charge in [-0.25, -0.2) is 13.6 Å². The molecule has 1 atom stereocenters. The summed E-state index contributed by atoms with van der Waals surface area (Å²) < 4.78 is 26.0. The van der Waals surface area contributed by atoms with Crippen LogP contribution in [0.15, 0.2) is 48.5 Å². The summed E-state index contributed by atoms with van der Waals surface area (Å²) >= 11 is 0. The first-order valence-electron chi connectivity index (χ1n) is 6.02. The minimum Gasteiger partial charge on any atom is -0.480 e. The zero-order valence-electron chi connectivity index (χ0n) is 10.8. The predicted molar refractivity (Wildman–Crippen MR) is 72.0 cm³/mol. The van der Waals surface area contributed by atoms with Crippen molar-refractivity contribution in [3.63, 3.8) is 0 Å². The number of carbonyl (C=O) groups is 1. The lowest BCUT2D eigenvalue weighted by molar-refractivity contribution is -0.137. The van der Waals surface area contributed by atoms with E-state index in [0.717, 1.165) is 0 Å². The summed E-state index contributed by atoms with van der Waals surface area (Å²) in [4.78, 5) is 12.7. The number of hydrogen-bond acceptors (Lipinski definition) is 2. The Bertz CT molecular complexity index is 551. The molecular weight excluding hydrogens is 264 g/mol. The Hall–Kier alpha value is -2.43. The molecule has 0 amide bonds. The van der Waals surface area contributed by atoms with Gasteiger partial charge in [0.2, 0.25) is 0 Å². The first kappa shape index (κ1) is 14.0. The van der Waals surface area contributed by atoms with Crippen molar-refractivity contribution >= 4 is 17.3 Å². The van der Waals surface area contributed by atoms with Gasteiger partial charge in [0, 0.05) is 11.4 Å². The number of aliphatic carboxylic acids is 1. The summed E-state index contributed by atoms with van der Waals surface area (Å²) in [6.45, 7) is 1.51. The van der Waals surface area contributed by atoms with E-state index in [2.05, 4.69) is 0 Å². The molecule has 20 heavy (non-hydrogen) atoms. The lowest BCUT2D eigenvalue weighted by atomic mass is 10.1. The van der Waals surface area contributed by atoms with E-state index in [1.165, 1.54) is 60.4 Å². The van der Waals surface area contributed by atoms with Crippen LogP contribution >= 0.6 is 0 Å². The van der Waals surface area contributed by atoms with Gasteiger partial charge >= 0.3 is 5.97 Å². The third-order valence-corrected chi connectivity index (χ3v) is 2.95. The number of halogens is 2. The van der Waals surface area contributed by atoms with Crippen LogP contribution in [0.2, 0.25) is 0 Å². The Balaban J connectivity index is 2.46. The molecule has 1 unspecified atom stereocenters. The highest BCUT2D eigenvalue weighted by Crippen LogP contribution is 2.28. The quantitative estimate of drug-likeness (QED) is 0.928. The van der Waals surface area contributed by atoms with E-state index in [0.29, 0.717) is 11.4 Å². The van der Waals surface area contributed by atoms with Gasteiger partial charge in [0.15, 0.2) is 0 Å². The Labute approximate surface area is 115 Å². The molecular formula is C15H13F2NO2. The maximum Gasteiger partial charge on any atom is 0.326 e. The predicted octanol–water partition coefficient (Wildman–Crippen LogP) is 3.58. The van der Waals surface area contributed by atoms with Crippen LogP contribution in [0.25, 0.3) is 0 Å². The number of carboxylic acid groups (broad SMARTS) is 1. The SMILES string of the molecule is CC(C(=O)O)N(c1ccc(F)cc1)c1ccc(F)cc1. The fourth-order valence-electron chi connectivity index (χ4n) is 1.91. The van der Waals surface area contributed by atoms with Crippen molar-refractivity contribution in [3.05, 3.63) is 60.2 Å². The van der Waals surface area contributed by atoms with Gasteiger partial charge in [-0.3, -0.25) is 0 Å². The molecule has 0 saturated heterocycles. The molecule has 5 heteroatoms. The van der Waals surface area contributed by atoms with Crippen molar-refractivity contribution in [1.82, 2.24) is 0 Å². The van der Waals surface area contributed by atoms with Gasteiger partial charge < -0.3 is 10.0 Å². The van der Waals surface area contributed by atoms with Crippen molar-refractivity contribution in [2.24, 2.45) is 0 Å². The number of hydrogen-bond donors (Lipinski definition) is 1. The van der Waals surface area contributed by atoms with Crippen LogP contribution in [0.3, 0.4) is 0 Å². The second-order valence-electron chi connectivity index (χ2n) is 4.34. The van der Waals surface area contributed by atoms with E-state index in [-0.39, 0.29) is 0 Å². The highest BCUT2D eigenvalue weighted by Gasteiger charge is 2.22. The highest BCUT2D eigenvalue weighted by atomic mass is 19.1. The van der Waals surface area contributed by atoms with Crippen LogP contribution in [0.1, 0.15) is 6.92 Å². The summed E-state index contributed by atoms with van der Waals surface area (Å²) in [5.41, 5.74) is 1.04. The van der Waals surface area contributed by atoms with Crippen LogP contribution < -0.4 is 4.90 Å². The van der Waals surface area contributed by atoms with Crippen LogP contribution in [-0.2, 0) is 4.79 Å². The average molecular weight is 277 g/mol. The monoisotopic (exact) mass is 277 g/mol. The number of nitrogens with zero attached hydrogens (tertiary/aromatic N) is 1. The van der Waals surface area contributed by atoms with Gasteiger partial charge in [-0.2, -0.15) is 0 Å². The molecule has 2 rings (SSSR count). The lowest BCUT2D eigenvalue weighted by Gasteiger charge is -2.28. The van der Waals surface area contributed by atoms with Gasteiger partial charge in [-0.05, 0) is 55.5 Å². The molecule has 0 aliphatic heterocycles. The second-order valence-corrected chi connectivity index (χ2v) is 4.34. The van der Waals surface area contributed by atoms with E-state index in [1.807, 2.05) is 0 Å². The molecule has 3 nitrogen and oxygen atoms in total. The average Bonchev–Trinajstić information content (AvgIpc) is 2.43. The molecule has 2 aromatic rings. The molecule has 0 bridgehead atoms. The fourth-order valence-corrected chi connectivity index (χ4v) is 1.91. The van der Waals surface area contributed by atoms with Crippen LogP contribution in [0, 0.1) is 11.6 Å². The molecule has 1 N–H and O–H groups in total. The summed E-state index contributed by atoms with van der Waals surface area (Å²) in [7, 11) is 0. The molecule has 0 aliphatic rings. The first-order valence-corrected chi connectivity index (χ1v) is 6.02. The van der Waals surface area contributed by atoms with E-state index < -0.39 is 23.6 Å². The third-order valence-electron chi connectivity index (χ3n) is 2.95. The number of benzene rings is 2. The van der Waals surface area contributed by atoms with E-state index in [1.54, 1.807) is 0 Å². The second kappa shape index (κ2) is 5.69. The summed E-state index contributed by atoms with van der Waals surface area (Å²) in [6.07, 6.45) is 0. The Kier molecular flexibility index (Phi) is 3.98. The normalized spacial score (nSPS) is 11.9. The van der Waals surface area contributed by atoms with Crippen molar-refractivity contribution in [1.29, 1.82) is 0 Å². The van der Waals surface area contributed by atoms with E-state index in [9.17, 15) is 18.7 Å². The molecule has 104 valence electrons. The zero-order chi connectivity index (χ0) is 14.7. The Morgan fingerprint density at radius 3 is 1.60 bits per heavy atom. The van der Waals surface area contributed by atoms with Gasteiger partial charge in [0.05, 0.1) is 0 Å². The minimum atomic E-state index is -1.03. The smallest absolute Gasteiger partial charge is 0.326 e.